The maximum atomic E-state index is 15.6. The molecule has 5 rings (SSSR count). The predicted molar refractivity (Wildman–Crippen MR) is 135 cm³/mol. The first-order valence-corrected chi connectivity index (χ1v) is 12.8. The van der Waals surface area contributed by atoms with Crippen molar-refractivity contribution < 1.29 is 19.1 Å². The zero-order valence-electron chi connectivity index (χ0n) is 20.8. The molecule has 0 aliphatic heterocycles. The third-order valence-electron chi connectivity index (χ3n) is 9.64. The molecule has 0 spiro atoms. The highest BCUT2D eigenvalue weighted by Gasteiger charge is 2.63. The lowest BCUT2D eigenvalue weighted by Crippen LogP contribution is -2.49. The van der Waals surface area contributed by atoms with Crippen molar-refractivity contribution in [3.63, 3.8) is 0 Å². The first-order valence-electron chi connectivity index (χ1n) is 12.8. The number of hydrogen-bond acceptors (Lipinski definition) is 4. The Labute approximate surface area is 207 Å². The number of nitrogens with one attached hydrogen (secondary N) is 1. The number of Topliss-reactive ketones (excluding diaryl/α,β-unsaturated/α-hetero) is 1. The number of fused-ring (bicyclic) bond motifs is 4. The largest absolute Gasteiger partial charge is 0.388 e. The molecule has 5 heteroatoms. The second-order valence-electron chi connectivity index (χ2n) is 10.9. The fraction of sp³-hybridized carbons (Fsp3) is 0.533. The Kier molecular flexibility index (Phi) is 6.00. The number of alkyl halides is 1. The van der Waals surface area contributed by atoms with Crippen LogP contribution in [0.15, 0.2) is 47.1 Å². The smallest absolute Gasteiger partial charge is 0.163 e. The number of aliphatic hydroxyl groups is 1. The van der Waals surface area contributed by atoms with Gasteiger partial charge in [0.1, 0.15) is 18.6 Å². The number of rotatable bonds is 3. The fourth-order valence-electron chi connectivity index (χ4n) is 7.78. The number of hydrogen-bond donors (Lipinski definition) is 2. The van der Waals surface area contributed by atoms with E-state index in [2.05, 4.69) is 24.1 Å². The molecule has 2 N–H and O–H groups in total. The average Bonchev–Trinajstić information content (AvgIpc) is 3.16. The van der Waals surface area contributed by atoms with E-state index in [0.717, 1.165) is 36.1 Å². The molecule has 0 heterocycles. The van der Waals surface area contributed by atoms with Crippen LogP contribution in [-0.4, -0.2) is 36.5 Å². The summed E-state index contributed by atoms with van der Waals surface area (Å²) in [5.41, 5.74) is 3.76. The number of ketones is 2. The molecule has 1 aromatic rings. The molecule has 0 saturated heterocycles. The van der Waals surface area contributed by atoms with Crippen molar-refractivity contribution in [2.45, 2.75) is 64.5 Å². The maximum Gasteiger partial charge on any atom is 0.163 e. The van der Waals surface area contributed by atoms with Crippen LogP contribution in [0.4, 0.5) is 10.1 Å². The summed E-state index contributed by atoms with van der Waals surface area (Å²) in [4.78, 5) is 26.0. The van der Waals surface area contributed by atoms with Gasteiger partial charge >= 0.3 is 0 Å². The molecule has 0 bridgehead atoms. The quantitative estimate of drug-likeness (QED) is 0.594. The molecule has 2 saturated carbocycles. The van der Waals surface area contributed by atoms with Crippen molar-refractivity contribution in [3.05, 3.63) is 52.6 Å². The number of carbonyl (C=O) groups excluding carboxylic acids is 2. The molecule has 2 fully saturated rings. The van der Waals surface area contributed by atoms with Gasteiger partial charge in [-0.25, -0.2) is 4.39 Å². The van der Waals surface area contributed by atoms with E-state index in [4.69, 9.17) is 0 Å². The van der Waals surface area contributed by atoms with Crippen LogP contribution >= 0.6 is 0 Å². The number of carbonyl (C=O) groups is 2. The van der Waals surface area contributed by atoms with E-state index in [1.807, 2.05) is 31.3 Å². The molecule has 4 aliphatic carbocycles. The van der Waals surface area contributed by atoms with E-state index < -0.39 is 11.6 Å². The SMILES string of the molecule is CNc1ccc(C2CC3=C4CC[C@@]5(C)[C@@H](CC[C@]5(C#CCO)C(C)=O)[C@@H]4CC(F)C3=CC2=O)cc1. The number of anilines is 1. The highest BCUT2D eigenvalue weighted by Crippen LogP contribution is 2.67. The van der Waals surface area contributed by atoms with Crippen molar-refractivity contribution in [1.82, 2.24) is 0 Å². The third-order valence-corrected chi connectivity index (χ3v) is 9.64. The minimum Gasteiger partial charge on any atom is -0.388 e. The normalized spacial score (nSPS) is 35.8. The lowest BCUT2D eigenvalue weighted by atomic mass is 9.51. The van der Waals surface area contributed by atoms with Gasteiger partial charge in [-0.2, -0.15) is 0 Å². The molecular weight excluding hydrogens is 441 g/mol. The van der Waals surface area contributed by atoms with Crippen LogP contribution in [0.3, 0.4) is 0 Å². The number of allylic oxidation sites excluding steroid dienone is 4. The summed E-state index contributed by atoms with van der Waals surface area (Å²) in [5, 5.41) is 12.5. The van der Waals surface area contributed by atoms with Gasteiger partial charge in [0.05, 0.1) is 11.3 Å². The first-order chi connectivity index (χ1) is 16.8. The van der Waals surface area contributed by atoms with Crippen LogP contribution in [0, 0.1) is 34.5 Å². The van der Waals surface area contributed by atoms with Gasteiger partial charge in [-0.3, -0.25) is 9.59 Å². The number of aliphatic hydroxyl groups excluding tert-OH is 1. The van der Waals surface area contributed by atoms with Crippen LogP contribution in [0.25, 0.3) is 0 Å². The molecule has 0 radical (unpaired) electrons. The highest BCUT2D eigenvalue weighted by atomic mass is 19.1. The minimum absolute atomic E-state index is 0.0148. The fourth-order valence-corrected chi connectivity index (χ4v) is 7.78. The van der Waals surface area contributed by atoms with Gasteiger partial charge in [0, 0.05) is 12.7 Å². The van der Waals surface area contributed by atoms with E-state index in [1.54, 1.807) is 13.0 Å². The van der Waals surface area contributed by atoms with E-state index >= 15 is 4.39 Å². The van der Waals surface area contributed by atoms with Gasteiger partial charge in [-0.1, -0.05) is 36.5 Å². The zero-order valence-corrected chi connectivity index (χ0v) is 20.8. The summed E-state index contributed by atoms with van der Waals surface area (Å²) in [6.45, 7) is 3.51. The van der Waals surface area contributed by atoms with Gasteiger partial charge in [-0.05, 0) is 97.6 Å². The van der Waals surface area contributed by atoms with Crippen LogP contribution in [-0.2, 0) is 9.59 Å². The Balaban J connectivity index is 1.54. The van der Waals surface area contributed by atoms with Crippen molar-refractivity contribution in [3.8, 4) is 11.8 Å². The zero-order chi connectivity index (χ0) is 25.0. The predicted octanol–water partition coefficient (Wildman–Crippen LogP) is 5.15. The number of halogens is 1. The molecule has 4 aliphatic rings. The van der Waals surface area contributed by atoms with Crippen LogP contribution in [0.1, 0.15) is 63.9 Å². The molecule has 0 amide bonds. The Morgan fingerprint density at radius 2 is 2.00 bits per heavy atom. The summed E-state index contributed by atoms with van der Waals surface area (Å²) in [5.74, 6) is 5.93. The van der Waals surface area contributed by atoms with Gasteiger partial charge in [0.15, 0.2) is 5.78 Å². The van der Waals surface area contributed by atoms with Crippen molar-refractivity contribution in [2.75, 3.05) is 19.0 Å². The molecule has 0 aromatic heterocycles. The standard InChI is InChI=1S/C30H34FNO3/c1-18(34)30(11-4-14-33)13-10-26-24-16-27(31)25-17-28(35)22(19-5-7-20(32-3)8-6-19)15-23(25)21(24)9-12-29(26,30)2/h5-8,17,22,24,26-27,32-33H,9-10,12-16H2,1-3H3/t22?,24-,26+,27?,29+,30-/m1/s1. The Hall–Kier alpha value is -2.71. The Morgan fingerprint density at radius 3 is 2.66 bits per heavy atom. The summed E-state index contributed by atoms with van der Waals surface area (Å²) >= 11 is 0. The van der Waals surface area contributed by atoms with Crippen LogP contribution in [0.2, 0.25) is 0 Å². The minimum atomic E-state index is -1.16. The second-order valence-corrected chi connectivity index (χ2v) is 10.9. The van der Waals surface area contributed by atoms with Crippen molar-refractivity contribution in [2.24, 2.45) is 22.7 Å². The van der Waals surface area contributed by atoms with Gasteiger partial charge in [0.25, 0.3) is 0 Å². The molecule has 6 atom stereocenters. The Morgan fingerprint density at radius 1 is 1.26 bits per heavy atom. The summed E-state index contributed by atoms with van der Waals surface area (Å²) in [7, 11) is 1.86. The molecule has 4 nitrogen and oxygen atoms in total. The van der Waals surface area contributed by atoms with E-state index in [1.165, 1.54) is 5.57 Å². The Bertz CT molecular complexity index is 1190. The lowest BCUT2D eigenvalue weighted by Gasteiger charge is -2.52. The first kappa shape index (κ1) is 24.0. The molecule has 35 heavy (non-hydrogen) atoms. The van der Waals surface area contributed by atoms with Crippen molar-refractivity contribution >= 4 is 17.3 Å². The summed E-state index contributed by atoms with van der Waals surface area (Å²) < 4.78 is 15.6. The topological polar surface area (TPSA) is 66.4 Å². The number of benzene rings is 1. The summed E-state index contributed by atoms with van der Waals surface area (Å²) in [6, 6.07) is 7.92. The van der Waals surface area contributed by atoms with Crippen molar-refractivity contribution in [1.29, 1.82) is 0 Å². The molecular formula is C30H34FNO3. The molecule has 184 valence electrons. The van der Waals surface area contributed by atoms with Gasteiger partial charge < -0.3 is 10.4 Å². The monoisotopic (exact) mass is 475 g/mol. The van der Waals surface area contributed by atoms with E-state index in [-0.39, 0.29) is 41.3 Å². The van der Waals surface area contributed by atoms with Gasteiger partial charge in [-0.15, -0.1) is 0 Å². The summed E-state index contributed by atoms with van der Waals surface area (Å²) in [6.07, 6.45) is 4.43. The van der Waals surface area contributed by atoms with E-state index in [9.17, 15) is 14.7 Å². The maximum absolute atomic E-state index is 15.6. The molecule has 1 aromatic carbocycles. The highest BCUT2D eigenvalue weighted by molar-refractivity contribution is 5.99. The lowest BCUT2D eigenvalue weighted by molar-refractivity contribution is -0.130. The average molecular weight is 476 g/mol. The third kappa shape index (κ3) is 3.52. The van der Waals surface area contributed by atoms with Crippen LogP contribution < -0.4 is 5.32 Å². The molecule has 2 unspecified atom stereocenters. The second kappa shape index (κ2) is 8.75. The van der Waals surface area contributed by atoms with E-state index in [0.29, 0.717) is 24.8 Å². The van der Waals surface area contributed by atoms with Crippen LogP contribution in [0.5, 0.6) is 0 Å². The van der Waals surface area contributed by atoms with Gasteiger partial charge in [0.2, 0.25) is 0 Å².